The summed E-state index contributed by atoms with van der Waals surface area (Å²) in [4.78, 5) is 14.3. The van der Waals surface area contributed by atoms with Crippen molar-refractivity contribution in [2.24, 2.45) is 0 Å². The molecule has 0 spiro atoms. The molecule has 0 radical (unpaired) electrons. The number of amides is 1. The summed E-state index contributed by atoms with van der Waals surface area (Å²) in [6.45, 7) is 0.405. The van der Waals surface area contributed by atoms with Crippen LogP contribution in [0.15, 0.2) is 47.4 Å². The van der Waals surface area contributed by atoms with E-state index in [2.05, 4.69) is 0 Å². The fourth-order valence-electron chi connectivity index (χ4n) is 2.76. The molecule has 2 aromatic carbocycles. The largest absolute Gasteiger partial charge is 0.484 e. The van der Waals surface area contributed by atoms with E-state index in [0.29, 0.717) is 23.7 Å². The first-order chi connectivity index (χ1) is 12.3. The average Bonchev–Trinajstić information content (AvgIpc) is 3.04. The van der Waals surface area contributed by atoms with Gasteiger partial charge in [-0.3, -0.25) is 4.79 Å². The van der Waals surface area contributed by atoms with Crippen LogP contribution in [0.2, 0.25) is 5.02 Å². The van der Waals surface area contributed by atoms with Gasteiger partial charge < -0.3 is 9.64 Å². The smallest absolute Gasteiger partial charge is 0.264 e. The highest BCUT2D eigenvalue weighted by Gasteiger charge is 2.27. The predicted octanol–water partition coefficient (Wildman–Crippen LogP) is 2.56. The summed E-state index contributed by atoms with van der Waals surface area (Å²) in [7, 11) is -0.506. The van der Waals surface area contributed by atoms with Crippen LogP contribution in [0.25, 0.3) is 0 Å². The number of carbonyl (C=O) groups excluding carboxylic acids is 1. The number of fused-ring (bicyclic) bond motifs is 1. The Balaban J connectivity index is 1.73. The third kappa shape index (κ3) is 3.70. The number of rotatable bonds is 5. The van der Waals surface area contributed by atoms with Crippen LogP contribution >= 0.6 is 11.6 Å². The number of sulfonamides is 1. The van der Waals surface area contributed by atoms with Crippen LogP contribution in [0.3, 0.4) is 0 Å². The fraction of sp³-hybridized carbons (Fsp3) is 0.278. The minimum atomic E-state index is -3.49. The molecule has 0 saturated carbocycles. The van der Waals surface area contributed by atoms with E-state index in [-0.39, 0.29) is 17.4 Å². The minimum Gasteiger partial charge on any atom is -0.484 e. The summed E-state index contributed by atoms with van der Waals surface area (Å²) in [6, 6.07) is 11.6. The summed E-state index contributed by atoms with van der Waals surface area (Å²) in [5.41, 5.74) is 1.57. The fourth-order valence-corrected chi connectivity index (χ4v) is 3.84. The zero-order chi connectivity index (χ0) is 18.9. The van der Waals surface area contributed by atoms with E-state index in [1.165, 1.54) is 24.5 Å². The lowest BCUT2D eigenvalue weighted by molar-refractivity contribution is -0.120. The molecular weight excluding hydrogens is 376 g/mol. The highest BCUT2D eigenvalue weighted by molar-refractivity contribution is 7.89. The number of halogens is 1. The van der Waals surface area contributed by atoms with Gasteiger partial charge in [0.05, 0.1) is 4.90 Å². The van der Waals surface area contributed by atoms with Crippen molar-refractivity contribution >= 4 is 33.2 Å². The zero-order valence-electron chi connectivity index (χ0n) is 14.5. The first-order valence-corrected chi connectivity index (χ1v) is 9.85. The van der Waals surface area contributed by atoms with Gasteiger partial charge >= 0.3 is 0 Å². The van der Waals surface area contributed by atoms with Gasteiger partial charge in [-0.05, 0) is 54.4 Å². The SMILES string of the molecule is CN(C)S(=O)(=O)c1ccc2c(c1)CCN2C(=O)COc1ccc(Cl)cc1. The summed E-state index contributed by atoms with van der Waals surface area (Å²) in [6.07, 6.45) is 0.610. The van der Waals surface area contributed by atoms with E-state index in [0.717, 1.165) is 11.3 Å². The maximum atomic E-state index is 12.5. The molecule has 0 fully saturated rings. The molecule has 26 heavy (non-hydrogen) atoms. The summed E-state index contributed by atoms with van der Waals surface area (Å²) in [5.74, 6) is 0.386. The van der Waals surface area contributed by atoms with Gasteiger partial charge in [0, 0.05) is 31.4 Å². The second kappa shape index (κ2) is 7.26. The molecular formula is C18H19ClN2O4S. The van der Waals surface area contributed by atoms with Crippen molar-refractivity contribution in [1.82, 2.24) is 4.31 Å². The van der Waals surface area contributed by atoms with Gasteiger partial charge in [-0.15, -0.1) is 0 Å². The quantitative estimate of drug-likeness (QED) is 0.781. The molecule has 2 aromatic rings. The zero-order valence-corrected chi connectivity index (χ0v) is 16.0. The lowest BCUT2D eigenvalue weighted by Gasteiger charge is -2.18. The average molecular weight is 395 g/mol. The monoisotopic (exact) mass is 394 g/mol. The van der Waals surface area contributed by atoms with Crippen LogP contribution in [0, 0.1) is 0 Å². The third-order valence-electron chi connectivity index (χ3n) is 4.20. The standard InChI is InChI=1S/C18H19ClN2O4S/c1-20(2)26(23,24)16-7-8-17-13(11-16)9-10-21(17)18(22)12-25-15-5-3-14(19)4-6-15/h3-8,11H,9-10,12H2,1-2H3. The minimum absolute atomic E-state index is 0.0984. The molecule has 6 nitrogen and oxygen atoms in total. The summed E-state index contributed by atoms with van der Waals surface area (Å²) >= 11 is 5.82. The molecule has 0 unspecified atom stereocenters. The molecule has 0 bridgehead atoms. The number of anilines is 1. The Bertz CT molecular complexity index is 927. The lowest BCUT2D eigenvalue weighted by atomic mass is 10.2. The van der Waals surface area contributed by atoms with E-state index in [4.69, 9.17) is 16.3 Å². The van der Waals surface area contributed by atoms with Crippen molar-refractivity contribution in [2.45, 2.75) is 11.3 Å². The molecule has 0 aliphatic carbocycles. The van der Waals surface area contributed by atoms with Crippen molar-refractivity contribution < 1.29 is 17.9 Å². The Morgan fingerprint density at radius 2 is 1.88 bits per heavy atom. The Morgan fingerprint density at radius 1 is 1.19 bits per heavy atom. The number of carbonyl (C=O) groups is 1. The van der Waals surface area contributed by atoms with E-state index < -0.39 is 10.0 Å². The molecule has 1 aliphatic rings. The van der Waals surface area contributed by atoms with Gasteiger partial charge in [-0.2, -0.15) is 0 Å². The molecule has 0 aromatic heterocycles. The topological polar surface area (TPSA) is 66.9 Å². The number of hydrogen-bond acceptors (Lipinski definition) is 4. The Kier molecular flexibility index (Phi) is 5.22. The van der Waals surface area contributed by atoms with Crippen LogP contribution < -0.4 is 9.64 Å². The van der Waals surface area contributed by atoms with Crippen molar-refractivity contribution in [3.63, 3.8) is 0 Å². The van der Waals surface area contributed by atoms with Crippen LogP contribution in [0.1, 0.15) is 5.56 Å². The molecule has 3 rings (SSSR count). The van der Waals surface area contributed by atoms with Gasteiger partial charge in [0.25, 0.3) is 5.91 Å². The highest BCUT2D eigenvalue weighted by Crippen LogP contribution is 2.31. The van der Waals surface area contributed by atoms with Crippen molar-refractivity contribution in [2.75, 3.05) is 32.1 Å². The molecule has 1 amide bonds. The molecule has 138 valence electrons. The second-order valence-electron chi connectivity index (χ2n) is 6.12. The van der Waals surface area contributed by atoms with Gasteiger partial charge in [0.2, 0.25) is 10.0 Å². The van der Waals surface area contributed by atoms with E-state index >= 15 is 0 Å². The molecule has 8 heteroatoms. The van der Waals surface area contributed by atoms with E-state index in [1.54, 1.807) is 41.3 Å². The molecule has 0 atom stereocenters. The Labute approximate surface area is 158 Å². The maximum absolute atomic E-state index is 12.5. The number of ether oxygens (including phenoxy) is 1. The Hall–Kier alpha value is -2.09. The number of nitrogens with zero attached hydrogens (tertiary/aromatic N) is 2. The van der Waals surface area contributed by atoms with Crippen LogP contribution in [0.4, 0.5) is 5.69 Å². The van der Waals surface area contributed by atoms with Gasteiger partial charge in [0.1, 0.15) is 5.75 Å². The van der Waals surface area contributed by atoms with Gasteiger partial charge in [-0.1, -0.05) is 11.6 Å². The molecule has 0 saturated heterocycles. The second-order valence-corrected chi connectivity index (χ2v) is 8.70. The Morgan fingerprint density at radius 3 is 2.54 bits per heavy atom. The first-order valence-electron chi connectivity index (χ1n) is 8.03. The van der Waals surface area contributed by atoms with Gasteiger partial charge in [0.15, 0.2) is 6.61 Å². The first kappa shape index (κ1) is 18.7. The van der Waals surface area contributed by atoms with Crippen molar-refractivity contribution in [3.8, 4) is 5.75 Å². The van der Waals surface area contributed by atoms with E-state index in [1.807, 2.05) is 0 Å². The molecule has 1 heterocycles. The summed E-state index contributed by atoms with van der Waals surface area (Å²) < 4.78 is 31.2. The number of hydrogen-bond donors (Lipinski definition) is 0. The maximum Gasteiger partial charge on any atom is 0.264 e. The van der Waals surface area contributed by atoms with Crippen molar-refractivity contribution in [1.29, 1.82) is 0 Å². The van der Waals surface area contributed by atoms with Crippen LogP contribution in [-0.4, -0.2) is 45.9 Å². The lowest BCUT2D eigenvalue weighted by Crippen LogP contribution is -2.33. The summed E-state index contributed by atoms with van der Waals surface area (Å²) in [5, 5.41) is 0.598. The normalized spacial score (nSPS) is 13.8. The van der Waals surface area contributed by atoms with Crippen LogP contribution in [-0.2, 0) is 21.2 Å². The van der Waals surface area contributed by atoms with Crippen LogP contribution in [0.5, 0.6) is 5.75 Å². The third-order valence-corrected chi connectivity index (χ3v) is 6.27. The van der Waals surface area contributed by atoms with Gasteiger partial charge in [-0.25, -0.2) is 12.7 Å². The highest BCUT2D eigenvalue weighted by atomic mass is 35.5. The number of benzene rings is 2. The molecule has 1 aliphatic heterocycles. The predicted molar refractivity (Wildman–Crippen MR) is 100 cm³/mol. The molecule has 0 N–H and O–H groups in total. The van der Waals surface area contributed by atoms with Crippen molar-refractivity contribution in [3.05, 3.63) is 53.1 Å². The van der Waals surface area contributed by atoms with E-state index in [9.17, 15) is 13.2 Å².